The summed E-state index contributed by atoms with van der Waals surface area (Å²) >= 11 is 0. The van der Waals surface area contributed by atoms with E-state index in [2.05, 4.69) is 0 Å². The van der Waals surface area contributed by atoms with Gasteiger partial charge in [-0.3, -0.25) is 9.36 Å². The average molecular weight is 223 g/mol. The van der Waals surface area contributed by atoms with Crippen LogP contribution in [0.3, 0.4) is 0 Å². The van der Waals surface area contributed by atoms with E-state index in [0.29, 0.717) is 6.29 Å². The number of rotatable bonds is 7. The second-order valence-corrected chi connectivity index (χ2v) is 5.61. The first kappa shape index (κ1) is 13.3. The van der Waals surface area contributed by atoms with Crippen LogP contribution < -0.4 is 5.73 Å². The molecule has 0 radical (unpaired) electrons. The van der Waals surface area contributed by atoms with Gasteiger partial charge in [0.25, 0.3) is 0 Å². The zero-order valence-electron chi connectivity index (χ0n) is 7.63. The maximum absolute atomic E-state index is 11.3. The monoisotopic (exact) mass is 223 g/mol. The minimum absolute atomic E-state index is 0.108. The lowest BCUT2D eigenvalue weighted by Crippen LogP contribution is -2.22. The molecule has 0 aliphatic carbocycles. The highest BCUT2D eigenvalue weighted by Gasteiger charge is 2.20. The number of nitrogens with two attached hydrogens (primary N) is 1. The van der Waals surface area contributed by atoms with Crippen LogP contribution in [-0.4, -0.2) is 40.6 Å². The molecule has 0 amide bonds. The highest BCUT2D eigenvalue weighted by Crippen LogP contribution is 2.41. The van der Waals surface area contributed by atoms with Crippen LogP contribution in [0.15, 0.2) is 0 Å². The van der Waals surface area contributed by atoms with Crippen LogP contribution >= 0.6 is 7.37 Å². The number of carbonyl (C=O) groups excluding carboxylic acids is 1. The molecule has 0 bridgehead atoms. The number of hydrogen-bond acceptors (Lipinski definition) is 4. The molecule has 0 aliphatic heterocycles. The Morgan fingerprint density at radius 3 is 2.50 bits per heavy atom. The maximum Gasteiger partial charge on any atom is 0.303 e. The molecular formula is C7H14NO5P. The SMILES string of the molecule is NC(C=O)CCP(=O)(O)CCC(=O)O. The van der Waals surface area contributed by atoms with Crippen LogP contribution in [0, 0.1) is 0 Å². The van der Waals surface area contributed by atoms with Gasteiger partial charge < -0.3 is 20.5 Å². The predicted octanol–water partition coefficient (Wildman–Crippen LogP) is -0.352. The smallest absolute Gasteiger partial charge is 0.303 e. The normalized spacial score (nSPS) is 17.0. The van der Waals surface area contributed by atoms with E-state index >= 15 is 0 Å². The maximum atomic E-state index is 11.3. The summed E-state index contributed by atoms with van der Waals surface area (Å²) in [6.07, 6.45) is -0.119. The average Bonchev–Trinajstić information content (AvgIpc) is 2.11. The summed E-state index contributed by atoms with van der Waals surface area (Å²) in [5.74, 6) is -1.11. The molecule has 0 rings (SSSR count). The predicted molar refractivity (Wildman–Crippen MR) is 50.5 cm³/mol. The van der Waals surface area contributed by atoms with E-state index < -0.39 is 19.4 Å². The van der Waals surface area contributed by atoms with Crippen molar-refractivity contribution in [3.8, 4) is 0 Å². The van der Waals surface area contributed by atoms with Crippen molar-refractivity contribution in [1.29, 1.82) is 0 Å². The largest absolute Gasteiger partial charge is 0.481 e. The third-order valence-electron chi connectivity index (χ3n) is 1.66. The molecule has 4 N–H and O–H groups in total. The van der Waals surface area contributed by atoms with E-state index in [0.717, 1.165) is 0 Å². The Hall–Kier alpha value is -0.710. The molecule has 82 valence electrons. The molecule has 0 aromatic heterocycles. The second-order valence-electron chi connectivity index (χ2n) is 3.03. The van der Waals surface area contributed by atoms with Crippen LogP contribution in [0.2, 0.25) is 0 Å². The number of carboxylic acid groups (broad SMARTS) is 1. The van der Waals surface area contributed by atoms with Crippen LogP contribution in [0.25, 0.3) is 0 Å². The number of carboxylic acids is 1. The Bertz CT molecular complexity index is 254. The molecule has 6 nitrogen and oxygen atoms in total. The Balaban J connectivity index is 3.89. The van der Waals surface area contributed by atoms with Gasteiger partial charge in [0, 0.05) is 12.3 Å². The fraction of sp³-hybridized carbons (Fsp3) is 0.714. The molecule has 14 heavy (non-hydrogen) atoms. The van der Waals surface area contributed by atoms with Crippen molar-refractivity contribution in [1.82, 2.24) is 0 Å². The van der Waals surface area contributed by atoms with Gasteiger partial charge in [-0.05, 0) is 6.42 Å². The molecular weight excluding hydrogens is 209 g/mol. The van der Waals surface area contributed by atoms with Crippen molar-refractivity contribution in [2.75, 3.05) is 12.3 Å². The number of aldehydes is 1. The minimum atomic E-state index is -3.43. The van der Waals surface area contributed by atoms with Gasteiger partial charge in [0.05, 0.1) is 12.5 Å². The van der Waals surface area contributed by atoms with Crippen LogP contribution in [0.4, 0.5) is 0 Å². The summed E-state index contributed by atoms with van der Waals surface area (Å²) in [6.45, 7) is 0. The van der Waals surface area contributed by atoms with Gasteiger partial charge in [0.2, 0.25) is 7.37 Å². The Kier molecular flexibility index (Phi) is 5.60. The first-order chi connectivity index (χ1) is 6.37. The Morgan fingerprint density at radius 1 is 1.50 bits per heavy atom. The van der Waals surface area contributed by atoms with Gasteiger partial charge >= 0.3 is 5.97 Å². The van der Waals surface area contributed by atoms with E-state index in [4.69, 9.17) is 10.8 Å². The van der Waals surface area contributed by atoms with E-state index in [9.17, 15) is 19.0 Å². The molecule has 0 saturated carbocycles. The number of aliphatic carboxylic acids is 1. The van der Waals surface area contributed by atoms with E-state index in [-0.39, 0.29) is 25.2 Å². The molecule has 0 fully saturated rings. The summed E-state index contributed by atoms with van der Waals surface area (Å²) in [4.78, 5) is 29.5. The molecule has 0 spiro atoms. The van der Waals surface area contributed by atoms with Crippen LogP contribution in [0.1, 0.15) is 12.8 Å². The van der Waals surface area contributed by atoms with E-state index in [1.807, 2.05) is 0 Å². The van der Waals surface area contributed by atoms with Crippen LogP contribution in [0.5, 0.6) is 0 Å². The van der Waals surface area contributed by atoms with E-state index in [1.165, 1.54) is 0 Å². The lowest BCUT2D eigenvalue weighted by molar-refractivity contribution is -0.136. The van der Waals surface area contributed by atoms with Crippen molar-refractivity contribution in [2.24, 2.45) is 5.73 Å². The highest BCUT2D eigenvalue weighted by atomic mass is 31.2. The first-order valence-electron chi connectivity index (χ1n) is 4.11. The van der Waals surface area contributed by atoms with Crippen LogP contribution in [-0.2, 0) is 14.2 Å². The van der Waals surface area contributed by atoms with Gasteiger partial charge in [0.1, 0.15) is 6.29 Å². The zero-order valence-corrected chi connectivity index (χ0v) is 8.52. The molecule has 0 aromatic carbocycles. The number of carbonyl (C=O) groups is 2. The van der Waals surface area contributed by atoms with Gasteiger partial charge in [-0.25, -0.2) is 0 Å². The van der Waals surface area contributed by atoms with Gasteiger partial charge in [-0.15, -0.1) is 0 Å². The third kappa shape index (κ3) is 6.77. The van der Waals surface area contributed by atoms with Crippen molar-refractivity contribution in [3.63, 3.8) is 0 Å². The molecule has 7 heteroatoms. The molecule has 2 unspecified atom stereocenters. The lowest BCUT2D eigenvalue weighted by Gasteiger charge is -2.10. The Morgan fingerprint density at radius 2 is 2.07 bits per heavy atom. The summed E-state index contributed by atoms with van der Waals surface area (Å²) in [5, 5.41) is 8.29. The topological polar surface area (TPSA) is 118 Å². The van der Waals surface area contributed by atoms with Crippen molar-refractivity contribution >= 4 is 19.6 Å². The molecule has 0 aliphatic rings. The first-order valence-corrected chi connectivity index (χ1v) is 6.14. The van der Waals surface area contributed by atoms with Gasteiger partial charge in [-0.1, -0.05) is 0 Å². The summed E-state index contributed by atoms with van der Waals surface area (Å²) in [5.41, 5.74) is 5.22. The van der Waals surface area contributed by atoms with Crippen molar-refractivity contribution in [3.05, 3.63) is 0 Å². The minimum Gasteiger partial charge on any atom is -0.481 e. The molecule has 0 heterocycles. The van der Waals surface area contributed by atoms with Crippen molar-refractivity contribution in [2.45, 2.75) is 18.9 Å². The quantitative estimate of drug-likeness (QED) is 0.401. The summed E-state index contributed by atoms with van der Waals surface area (Å²) < 4.78 is 11.3. The molecule has 0 aromatic rings. The van der Waals surface area contributed by atoms with Gasteiger partial charge in [-0.2, -0.15) is 0 Å². The third-order valence-corrected chi connectivity index (χ3v) is 3.54. The lowest BCUT2D eigenvalue weighted by atomic mass is 10.3. The van der Waals surface area contributed by atoms with Gasteiger partial charge in [0.15, 0.2) is 0 Å². The highest BCUT2D eigenvalue weighted by molar-refractivity contribution is 7.58. The van der Waals surface area contributed by atoms with E-state index in [1.54, 1.807) is 0 Å². The molecule has 2 atom stereocenters. The van der Waals surface area contributed by atoms with Crippen molar-refractivity contribution < 1.29 is 24.2 Å². The fourth-order valence-corrected chi connectivity index (χ4v) is 2.27. The Labute approximate surface area is 81.6 Å². The summed E-state index contributed by atoms with van der Waals surface area (Å²) in [6, 6.07) is -0.750. The summed E-state index contributed by atoms with van der Waals surface area (Å²) in [7, 11) is -3.43. The zero-order chi connectivity index (χ0) is 11.2. The molecule has 0 saturated heterocycles. The number of hydrogen-bond donors (Lipinski definition) is 3. The fourth-order valence-electron chi connectivity index (χ4n) is 0.801. The standard InChI is InChI=1S/C7H14NO5P/c8-6(5-9)1-3-14(12,13)4-2-7(10)11/h5-6H,1-4,8H2,(H,10,11)(H,12,13). The second kappa shape index (κ2) is 5.90.